The van der Waals surface area contributed by atoms with Gasteiger partial charge in [-0.3, -0.25) is 4.57 Å². The molecule has 7 heteroatoms. The van der Waals surface area contributed by atoms with E-state index in [1.165, 1.54) is 53.0 Å². The number of hydrogen-bond donors (Lipinski definition) is 0. The van der Waals surface area contributed by atoms with Gasteiger partial charge in [0.15, 0.2) is 11.6 Å². The molecule has 336 valence electrons. The lowest BCUT2D eigenvalue weighted by Gasteiger charge is -2.13. The number of thiophene rings is 1. The summed E-state index contributed by atoms with van der Waals surface area (Å²) in [6.45, 7) is 0. The number of nitrogens with zero attached hydrogens (tertiary/aromatic N) is 6. The molecule has 0 saturated carbocycles. The Bertz CT molecular complexity index is 4460. The molecule has 0 unspecified atom stereocenters. The fourth-order valence-corrected chi connectivity index (χ4v) is 12.3. The number of aromatic nitrogens is 6. The Kier molecular flexibility index (Phi) is 9.03. The minimum absolute atomic E-state index is 0.571. The van der Waals surface area contributed by atoms with Gasteiger partial charge < -0.3 is 9.13 Å². The molecule has 0 fully saturated rings. The van der Waals surface area contributed by atoms with Crippen molar-refractivity contribution >= 4 is 86.2 Å². The largest absolute Gasteiger partial charge is 0.309 e. The van der Waals surface area contributed by atoms with Crippen molar-refractivity contribution in [3.8, 4) is 62.4 Å². The molecule has 0 bridgehead atoms. The molecule has 0 spiro atoms. The van der Waals surface area contributed by atoms with E-state index in [2.05, 4.69) is 220 Å². The van der Waals surface area contributed by atoms with Gasteiger partial charge in [-0.1, -0.05) is 182 Å². The molecule has 15 aromatic rings. The highest BCUT2D eigenvalue weighted by Crippen LogP contribution is 2.45. The Balaban J connectivity index is 0.934. The fourth-order valence-electron chi connectivity index (χ4n) is 11.0. The number of benzene rings is 10. The van der Waals surface area contributed by atoms with Crippen LogP contribution in [0, 0.1) is 0 Å². The molecule has 15 rings (SSSR count). The average Bonchev–Trinajstić information content (AvgIpc) is 4.19. The van der Waals surface area contributed by atoms with Crippen LogP contribution in [0.4, 0.5) is 0 Å². The Morgan fingerprint density at radius 3 is 1.19 bits per heavy atom. The van der Waals surface area contributed by atoms with Crippen molar-refractivity contribution in [2.45, 2.75) is 0 Å². The monoisotopic (exact) mass is 936 g/mol. The smallest absolute Gasteiger partial charge is 0.238 e. The summed E-state index contributed by atoms with van der Waals surface area (Å²) in [6, 6.07) is 86.8. The van der Waals surface area contributed by atoms with E-state index in [0.717, 1.165) is 66.6 Å². The van der Waals surface area contributed by atoms with Crippen LogP contribution in [0.5, 0.6) is 0 Å². The average molecular weight is 937 g/mol. The predicted octanol–water partition coefficient (Wildman–Crippen LogP) is 17.0. The van der Waals surface area contributed by atoms with Crippen molar-refractivity contribution in [2.75, 3.05) is 0 Å². The first-order chi connectivity index (χ1) is 35.7. The van der Waals surface area contributed by atoms with Crippen molar-refractivity contribution in [3.05, 3.63) is 243 Å². The van der Waals surface area contributed by atoms with E-state index in [0.29, 0.717) is 17.6 Å². The van der Waals surface area contributed by atoms with Crippen LogP contribution in [0.2, 0.25) is 0 Å². The summed E-state index contributed by atoms with van der Waals surface area (Å²) < 4.78 is 9.43. The third-order valence-corrected chi connectivity index (χ3v) is 15.5. The predicted molar refractivity (Wildman–Crippen MR) is 300 cm³/mol. The van der Waals surface area contributed by atoms with E-state index in [9.17, 15) is 0 Å². The molecule has 0 atom stereocenters. The van der Waals surface area contributed by atoms with E-state index in [1.807, 2.05) is 47.7 Å². The minimum Gasteiger partial charge on any atom is -0.309 e. The van der Waals surface area contributed by atoms with Crippen molar-refractivity contribution in [1.82, 2.24) is 28.7 Å². The summed E-state index contributed by atoms with van der Waals surface area (Å²) in [5.74, 6) is 1.81. The zero-order chi connectivity index (χ0) is 47.3. The van der Waals surface area contributed by atoms with Crippen LogP contribution in [0.15, 0.2) is 243 Å². The third kappa shape index (κ3) is 6.31. The molecular weight excluding hydrogens is 897 g/mol. The van der Waals surface area contributed by atoms with E-state index in [-0.39, 0.29) is 0 Å². The topological polar surface area (TPSA) is 53.5 Å². The second kappa shape index (κ2) is 16.1. The summed E-state index contributed by atoms with van der Waals surface area (Å²) in [5, 5.41) is 7.28. The van der Waals surface area contributed by atoms with Crippen molar-refractivity contribution in [3.63, 3.8) is 0 Å². The third-order valence-electron chi connectivity index (χ3n) is 14.3. The lowest BCUT2D eigenvalue weighted by molar-refractivity contribution is 0.955. The van der Waals surface area contributed by atoms with E-state index in [1.54, 1.807) is 0 Å². The lowest BCUT2D eigenvalue weighted by Crippen LogP contribution is -2.06. The highest BCUT2D eigenvalue weighted by atomic mass is 32.1. The number of rotatable bonds is 7. The van der Waals surface area contributed by atoms with Gasteiger partial charge in [-0.05, 0) is 82.9 Å². The van der Waals surface area contributed by atoms with E-state index >= 15 is 0 Å². The summed E-state index contributed by atoms with van der Waals surface area (Å²) in [6.07, 6.45) is 0. The molecule has 0 aliphatic carbocycles. The SMILES string of the molecule is c1ccc(-c2nc(-c3ccccc3)nc(-n3c4cc(-c5cccc(-n6c7ccccc7c7ccccc76)c5)ccc4c4sc5cc(-c6cccc(-n7c8ccccc8c8ccccc87)c6)ccc5c43)n2)cc1. The van der Waals surface area contributed by atoms with Crippen LogP contribution >= 0.6 is 11.3 Å². The van der Waals surface area contributed by atoms with Crippen molar-refractivity contribution < 1.29 is 0 Å². The lowest BCUT2D eigenvalue weighted by atomic mass is 10.0. The Labute approximate surface area is 417 Å². The molecule has 0 aliphatic rings. The molecule has 72 heavy (non-hydrogen) atoms. The zero-order valence-electron chi connectivity index (χ0n) is 38.7. The van der Waals surface area contributed by atoms with E-state index in [4.69, 9.17) is 15.0 Å². The van der Waals surface area contributed by atoms with Gasteiger partial charge in [0.2, 0.25) is 5.95 Å². The first-order valence-electron chi connectivity index (χ1n) is 24.3. The van der Waals surface area contributed by atoms with Gasteiger partial charge in [0.1, 0.15) is 0 Å². The van der Waals surface area contributed by atoms with E-state index < -0.39 is 0 Å². The molecule has 5 heterocycles. The molecule has 6 nitrogen and oxygen atoms in total. The first kappa shape index (κ1) is 40.5. The molecule has 5 aromatic heterocycles. The number of hydrogen-bond acceptors (Lipinski definition) is 4. The Hall–Kier alpha value is -9.43. The van der Waals surface area contributed by atoms with Gasteiger partial charge in [0, 0.05) is 59.5 Å². The molecule has 0 aliphatic heterocycles. The molecule has 0 amide bonds. The summed E-state index contributed by atoms with van der Waals surface area (Å²) >= 11 is 1.83. The maximum atomic E-state index is 5.35. The quantitative estimate of drug-likeness (QED) is 0.160. The van der Waals surface area contributed by atoms with Crippen molar-refractivity contribution in [2.24, 2.45) is 0 Å². The minimum atomic E-state index is 0.571. The fraction of sp³-hybridized carbons (Fsp3) is 0. The second-order valence-electron chi connectivity index (χ2n) is 18.4. The Morgan fingerprint density at radius 2 is 0.694 bits per heavy atom. The molecular formula is C65H40N6S. The van der Waals surface area contributed by atoms with Crippen LogP contribution in [-0.4, -0.2) is 28.7 Å². The van der Waals surface area contributed by atoms with Crippen LogP contribution in [0.25, 0.3) is 137 Å². The van der Waals surface area contributed by atoms with Gasteiger partial charge in [-0.15, -0.1) is 11.3 Å². The molecule has 10 aromatic carbocycles. The maximum absolute atomic E-state index is 5.35. The Morgan fingerprint density at radius 1 is 0.278 bits per heavy atom. The molecule has 0 N–H and O–H groups in total. The summed E-state index contributed by atoms with van der Waals surface area (Å²) in [4.78, 5) is 15.8. The summed E-state index contributed by atoms with van der Waals surface area (Å²) in [5.41, 5.74) is 15.5. The summed E-state index contributed by atoms with van der Waals surface area (Å²) in [7, 11) is 0. The highest BCUT2D eigenvalue weighted by Gasteiger charge is 2.23. The number of para-hydroxylation sites is 4. The zero-order valence-corrected chi connectivity index (χ0v) is 39.5. The maximum Gasteiger partial charge on any atom is 0.238 e. The van der Waals surface area contributed by atoms with Gasteiger partial charge in [-0.25, -0.2) is 4.98 Å². The van der Waals surface area contributed by atoms with Crippen LogP contribution in [-0.2, 0) is 0 Å². The van der Waals surface area contributed by atoms with Crippen LogP contribution < -0.4 is 0 Å². The van der Waals surface area contributed by atoms with Crippen LogP contribution in [0.1, 0.15) is 0 Å². The highest BCUT2D eigenvalue weighted by molar-refractivity contribution is 7.26. The van der Waals surface area contributed by atoms with Crippen LogP contribution in [0.3, 0.4) is 0 Å². The second-order valence-corrected chi connectivity index (χ2v) is 19.5. The van der Waals surface area contributed by atoms with Gasteiger partial charge in [-0.2, -0.15) is 9.97 Å². The molecule has 0 radical (unpaired) electrons. The van der Waals surface area contributed by atoms with Gasteiger partial charge >= 0.3 is 0 Å². The molecule has 0 saturated heterocycles. The van der Waals surface area contributed by atoms with Crippen molar-refractivity contribution in [1.29, 1.82) is 0 Å². The normalized spacial score (nSPS) is 11.9. The number of fused-ring (bicyclic) bond motifs is 11. The van der Waals surface area contributed by atoms with Gasteiger partial charge in [0.25, 0.3) is 0 Å². The first-order valence-corrected chi connectivity index (χ1v) is 25.1. The van der Waals surface area contributed by atoms with Gasteiger partial charge in [0.05, 0.1) is 37.8 Å². The standard InChI is InChI=1S/C65H40N6S/c1-3-17-41(18-4-1)63-66-64(42-19-5-2-6-20-42)68-65(67-63)71-59-39-45(43-21-15-23-47(37-43)69-55-29-11-7-25-49(55)50-26-8-12-30-56(50)69)33-35-53(59)62-61(71)54-36-34-46(40-60(54)72-62)44-22-16-24-48(38-44)70-57-31-13-9-27-51(57)52-28-10-14-32-58(52)70/h1-40H.